The normalized spacial score (nSPS) is 10.1. The number of rotatable bonds is 10. The van der Waals surface area contributed by atoms with Crippen LogP contribution in [0.5, 0.6) is 0 Å². The second kappa shape index (κ2) is 12.3. The Labute approximate surface area is 136 Å². The van der Waals surface area contributed by atoms with Gasteiger partial charge in [-0.25, -0.2) is 8.78 Å². The predicted octanol–water partition coefficient (Wildman–Crippen LogP) is 2.06. The summed E-state index contributed by atoms with van der Waals surface area (Å²) in [5.41, 5.74) is 0.697. The van der Waals surface area contributed by atoms with Gasteiger partial charge in [-0.2, -0.15) is 0 Å². The summed E-state index contributed by atoms with van der Waals surface area (Å²) < 4.78 is 30.6. The van der Waals surface area contributed by atoms with Gasteiger partial charge >= 0.3 is 0 Å². The number of carbonyl (C=O) groups excluding carboxylic acids is 1. The van der Waals surface area contributed by atoms with Gasteiger partial charge in [-0.15, -0.1) is 12.4 Å². The molecule has 0 spiro atoms. The summed E-state index contributed by atoms with van der Waals surface area (Å²) in [4.78, 5) is 11.5. The molecule has 1 aromatic carbocycles. The van der Waals surface area contributed by atoms with E-state index >= 15 is 0 Å². The van der Waals surface area contributed by atoms with Crippen LogP contribution in [0.2, 0.25) is 0 Å². The van der Waals surface area contributed by atoms with E-state index in [2.05, 4.69) is 10.6 Å². The van der Waals surface area contributed by atoms with Crippen molar-refractivity contribution in [1.82, 2.24) is 10.6 Å². The number of ether oxygens (including phenoxy) is 1. The summed E-state index contributed by atoms with van der Waals surface area (Å²) in [5.74, 6) is -1.73. The van der Waals surface area contributed by atoms with Crippen LogP contribution in [0.3, 0.4) is 0 Å². The number of carbonyl (C=O) groups is 1. The number of aryl methyl sites for hydroxylation is 1. The first-order valence-corrected chi connectivity index (χ1v) is 7.03. The highest BCUT2D eigenvalue weighted by Gasteiger charge is 2.04. The molecule has 0 unspecified atom stereocenters. The Bertz CT molecular complexity index is 448. The number of amides is 1. The van der Waals surface area contributed by atoms with E-state index in [0.717, 1.165) is 12.6 Å². The van der Waals surface area contributed by atoms with Gasteiger partial charge in [0.2, 0.25) is 5.91 Å². The summed E-state index contributed by atoms with van der Waals surface area (Å²) in [6.45, 7) is 2.65. The molecule has 0 radical (unpaired) electrons. The molecule has 22 heavy (non-hydrogen) atoms. The van der Waals surface area contributed by atoms with Crippen LogP contribution in [0.1, 0.15) is 18.4 Å². The van der Waals surface area contributed by atoms with Crippen molar-refractivity contribution in [1.29, 1.82) is 0 Å². The van der Waals surface area contributed by atoms with E-state index < -0.39 is 11.6 Å². The van der Waals surface area contributed by atoms with Gasteiger partial charge in [0, 0.05) is 33.2 Å². The largest absolute Gasteiger partial charge is 0.383 e. The molecule has 0 aliphatic carbocycles. The van der Waals surface area contributed by atoms with E-state index in [4.69, 9.17) is 4.74 Å². The Hall–Kier alpha value is -1.24. The lowest BCUT2D eigenvalue weighted by Crippen LogP contribution is -2.32. The Morgan fingerprint density at radius 2 is 1.95 bits per heavy atom. The number of nitrogens with one attached hydrogen (secondary N) is 2. The highest BCUT2D eigenvalue weighted by molar-refractivity contribution is 5.85. The smallest absolute Gasteiger partial charge is 0.220 e. The average molecular weight is 337 g/mol. The lowest BCUT2D eigenvalue weighted by atomic mass is 10.1. The van der Waals surface area contributed by atoms with Crippen LogP contribution in [0.4, 0.5) is 8.78 Å². The van der Waals surface area contributed by atoms with Gasteiger partial charge in [0.25, 0.3) is 0 Å². The molecule has 0 bridgehead atoms. The fourth-order valence-electron chi connectivity index (χ4n) is 1.83. The number of halogens is 3. The van der Waals surface area contributed by atoms with Crippen LogP contribution >= 0.6 is 12.4 Å². The fraction of sp³-hybridized carbons (Fsp3) is 0.533. The third-order valence-corrected chi connectivity index (χ3v) is 2.96. The van der Waals surface area contributed by atoms with Crippen LogP contribution in [0, 0.1) is 11.6 Å². The number of hydrogen-bond acceptors (Lipinski definition) is 3. The zero-order valence-corrected chi connectivity index (χ0v) is 13.5. The van der Waals surface area contributed by atoms with Crippen LogP contribution in [0.15, 0.2) is 18.2 Å². The van der Waals surface area contributed by atoms with Gasteiger partial charge in [0.1, 0.15) is 0 Å². The van der Waals surface area contributed by atoms with E-state index in [0.29, 0.717) is 44.5 Å². The summed E-state index contributed by atoms with van der Waals surface area (Å²) in [6.07, 6.45) is 1.53. The highest BCUT2D eigenvalue weighted by atomic mass is 35.5. The molecule has 4 nitrogen and oxygen atoms in total. The number of hydrogen-bond donors (Lipinski definition) is 2. The molecule has 0 atom stereocenters. The molecule has 2 N–H and O–H groups in total. The minimum absolute atomic E-state index is 0. The number of methoxy groups -OCH3 is 1. The van der Waals surface area contributed by atoms with Crippen molar-refractivity contribution < 1.29 is 18.3 Å². The standard InChI is InChI=1S/C15H22F2N2O2.ClH/c1-21-10-9-18-7-8-19-15(20)4-2-3-12-5-6-13(16)14(17)11-12;/h5-6,11,18H,2-4,7-10H2,1H3,(H,19,20);1H. The summed E-state index contributed by atoms with van der Waals surface area (Å²) in [6, 6.07) is 3.82. The van der Waals surface area contributed by atoms with Gasteiger partial charge in [0.05, 0.1) is 6.61 Å². The zero-order valence-electron chi connectivity index (χ0n) is 12.7. The van der Waals surface area contributed by atoms with E-state index in [9.17, 15) is 13.6 Å². The summed E-state index contributed by atoms with van der Waals surface area (Å²) in [7, 11) is 1.64. The van der Waals surface area contributed by atoms with Crippen LogP contribution in [-0.4, -0.2) is 39.3 Å². The monoisotopic (exact) mass is 336 g/mol. The second-order valence-electron chi connectivity index (χ2n) is 4.69. The third-order valence-electron chi connectivity index (χ3n) is 2.96. The van der Waals surface area contributed by atoms with E-state index in [-0.39, 0.29) is 18.3 Å². The predicted molar refractivity (Wildman–Crippen MR) is 84.3 cm³/mol. The molecule has 0 saturated carbocycles. The molecule has 0 aliphatic rings. The Morgan fingerprint density at radius 1 is 1.18 bits per heavy atom. The SMILES string of the molecule is COCCNCCNC(=O)CCCc1ccc(F)c(F)c1.Cl. The van der Waals surface area contributed by atoms with Gasteiger partial charge in [-0.05, 0) is 30.5 Å². The Morgan fingerprint density at radius 3 is 2.64 bits per heavy atom. The second-order valence-corrected chi connectivity index (χ2v) is 4.69. The fourth-order valence-corrected chi connectivity index (χ4v) is 1.83. The quantitative estimate of drug-likeness (QED) is 0.643. The Balaban J connectivity index is 0.00000441. The maximum atomic E-state index is 13.0. The lowest BCUT2D eigenvalue weighted by Gasteiger charge is -2.07. The van der Waals surface area contributed by atoms with Crippen LogP contribution < -0.4 is 10.6 Å². The molecule has 0 aliphatic heterocycles. The topological polar surface area (TPSA) is 50.4 Å². The lowest BCUT2D eigenvalue weighted by molar-refractivity contribution is -0.121. The van der Waals surface area contributed by atoms with Crippen molar-refractivity contribution in [2.75, 3.05) is 33.4 Å². The minimum atomic E-state index is -0.850. The first kappa shape index (κ1) is 20.8. The molecule has 1 aromatic rings. The van der Waals surface area contributed by atoms with Crippen molar-refractivity contribution in [3.8, 4) is 0 Å². The highest BCUT2D eigenvalue weighted by Crippen LogP contribution is 2.11. The van der Waals surface area contributed by atoms with Gasteiger partial charge in [-0.1, -0.05) is 6.07 Å². The molecule has 0 fully saturated rings. The molecule has 0 saturated heterocycles. The van der Waals surface area contributed by atoms with Crippen molar-refractivity contribution in [2.24, 2.45) is 0 Å². The molecule has 1 rings (SSSR count). The number of benzene rings is 1. The van der Waals surface area contributed by atoms with Crippen molar-refractivity contribution in [3.05, 3.63) is 35.4 Å². The molecule has 7 heteroatoms. The summed E-state index contributed by atoms with van der Waals surface area (Å²) in [5, 5.41) is 5.91. The van der Waals surface area contributed by atoms with Crippen LogP contribution in [-0.2, 0) is 16.0 Å². The molecular formula is C15H23ClF2N2O2. The Kier molecular flexibility index (Phi) is 11.6. The zero-order chi connectivity index (χ0) is 15.5. The van der Waals surface area contributed by atoms with Gasteiger partial charge < -0.3 is 15.4 Å². The minimum Gasteiger partial charge on any atom is -0.383 e. The molecule has 0 heterocycles. The van der Waals surface area contributed by atoms with Crippen molar-refractivity contribution in [3.63, 3.8) is 0 Å². The van der Waals surface area contributed by atoms with Crippen molar-refractivity contribution in [2.45, 2.75) is 19.3 Å². The molecule has 0 aromatic heterocycles. The van der Waals surface area contributed by atoms with Crippen LogP contribution in [0.25, 0.3) is 0 Å². The summed E-state index contributed by atoms with van der Waals surface area (Å²) >= 11 is 0. The molecule has 126 valence electrons. The van der Waals surface area contributed by atoms with Gasteiger partial charge in [-0.3, -0.25) is 4.79 Å². The van der Waals surface area contributed by atoms with E-state index in [1.165, 1.54) is 12.1 Å². The average Bonchev–Trinajstić information content (AvgIpc) is 2.46. The maximum Gasteiger partial charge on any atom is 0.220 e. The van der Waals surface area contributed by atoms with E-state index in [1.807, 2.05) is 0 Å². The van der Waals surface area contributed by atoms with E-state index in [1.54, 1.807) is 7.11 Å². The molecular weight excluding hydrogens is 314 g/mol. The first-order chi connectivity index (χ1) is 10.1. The maximum absolute atomic E-state index is 13.0. The van der Waals surface area contributed by atoms with Crippen molar-refractivity contribution >= 4 is 18.3 Å². The van der Waals surface area contributed by atoms with Gasteiger partial charge in [0.15, 0.2) is 11.6 Å². The third kappa shape index (κ3) is 8.92. The molecule has 1 amide bonds. The first-order valence-electron chi connectivity index (χ1n) is 7.03.